The summed E-state index contributed by atoms with van der Waals surface area (Å²) >= 11 is 0. The van der Waals surface area contributed by atoms with E-state index in [4.69, 9.17) is 5.73 Å². The maximum atomic E-state index is 13.8. The Balaban J connectivity index is 1.37. The number of H-pyrrole nitrogens is 3. The lowest BCUT2D eigenvalue weighted by Crippen LogP contribution is -2.47. The molecule has 0 radical (unpaired) electrons. The summed E-state index contributed by atoms with van der Waals surface area (Å²) in [4.78, 5) is 44.5. The van der Waals surface area contributed by atoms with Crippen molar-refractivity contribution in [2.75, 3.05) is 36.0 Å². The van der Waals surface area contributed by atoms with Crippen LogP contribution in [0.2, 0.25) is 0 Å². The molecule has 4 aromatic rings. The molecule has 1 aliphatic rings. The van der Waals surface area contributed by atoms with E-state index in [-0.39, 0.29) is 11.3 Å². The molecule has 5 N–H and O–H groups in total. The van der Waals surface area contributed by atoms with Crippen LogP contribution in [0.1, 0.15) is 10.4 Å². The van der Waals surface area contributed by atoms with Crippen LogP contribution in [0.3, 0.4) is 0 Å². The SMILES string of the molecule is NC(=O)c1cc(F)cc2[nH]c(N3CCN(c4cc5[nH]c(=O)[nH]c5cn4)CC3)nc12. The molecule has 0 spiro atoms. The van der Waals surface area contributed by atoms with E-state index < -0.39 is 11.7 Å². The van der Waals surface area contributed by atoms with Gasteiger partial charge in [-0.2, -0.15) is 0 Å². The fraction of sp³-hybridized carbons (Fsp3) is 0.222. The largest absolute Gasteiger partial charge is 0.366 e. The van der Waals surface area contributed by atoms with E-state index in [1.807, 2.05) is 11.0 Å². The number of imidazole rings is 2. The van der Waals surface area contributed by atoms with E-state index in [0.717, 1.165) is 11.9 Å². The first-order chi connectivity index (χ1) is 14.0. The fourth-order valence-electron chi connectivity index (χ4n) is 3.65. The molecule has 1 aromatic carbocycles. The maximum Gasteiger partial charge on any atom is 0.323 e. The summed E-state index contributed by atoms with van der Waals surface area (Å²) in [6.45, 7) is 2.66. The average Bonchev–Trinajstić information content (AvgIpc) is 3.29. The molecule has 0 atom stereocenters. The Morgan fingerprint density at radius 2 is 1.72 bits per heavy atom. The summed E-state index contributed by atoms with van der Waals surface area (Å²) in [5.74, 6) is 0.0680. The zero-order chi connectivity index (χ0) is 20.1. The fourth-order valence-corrected chi connectivity index (χ4v) is 3.65. The van der Waals surface area contributed by atoms with Gasteiger partial charge in [0.05, 0.1) is 28.3 Å². The second-order valence-corrected chi connectivity index (χ2v) is 6.92. The predicted octanol–water partition coefficient (Wildman–Crippen LogP) is 0.692. The lowest BCUT2D eigenvalue weighted by atomic mass is 10.1. The zero-order valence-electron chi connectivity index (χ0n) is 15.2. The van der Waals surface area contributed by atoms with Gasteiger partial charge in [0.25, 0.3) is 5.91 Å². The molecule has 1 saturated heterocycles. The van der Waals surface area contributed by atoms with Crippen LogP contribution in [0, 0.1) is 5.82 Å². The molecule has 1 fully saturated rings. The van der Waals surface area contributed by atoms with Crippen LogP contribution >= 0.6 is 0 Å². The van der Waals surface area contributed by atoms with Crippen molar-refractivity contribution in [3.8, 4) is 0 Å². The van der Waals surface area contributed by atoms with Crippen molar-refractivity contribution >= 4 is 39.7 Å². The van der Waals surface area contributed by atoms with Gasteiger partial charge in [0.2, 0.25) is 5.95 Å². The highest BCUT2D eigenvalue weighted by Gasteiger charge is 2.22. The second-order valence-electron chi connectivity index (χ2n) is 6.92. The number of fused-ring (bicyclic) bond motifs is 2. The number of pyridine rings is 1. The number of benzene rings is 1. The van der Waals surface area contributed by atoms with Crippen molar-refractivity contribution in [2.24, 2.45) is 5.73 Å². The minimum atomic E-state index is -0.721. The van der Waals surface area contributed by atoms with Crippen molar-refractivity contribution in [1.29, 1.82) is 0 Å². The van der Waals surface area contributed by atoms with Gasteiger partial charge in [-0.25, -0.2) is 19.2 Å². The molecule has 148 valence electrons. The lowest BCUT2D eigenvalue weighted by molar-refractivity contribution is 0.100. The Labute approximate surface area is 162 Å². The minimum Gasteiger partial charge on any atom is -0.366 e. The van der Waals surface area contributed by atoms with Gasteiger partial charge in [0.15, 0.2) is 0 Å². The van der Waals surface area contributed by atoms with Crippen LogP contribution in [0.15, 0.2) is 29.2 Å². The maximum absolute atomic E-state index is 13.8. The summed E-state index contributed by atoms with van der Waals surface area (Å²) in [6.07, 6.45) is 1.63. The van der Waals surface area contributed by atoms with Gasteiger partial charge >= 0.3 is 5.69 Å². The highest BCUT2D eigenvalue weighted by molar-refractivity contribution is 6.04. The number of nitrogens with two attached hydrogens (primary N) is 1. The Hall–Kier alpha value is -3.89. The molecule has 4 heterocycles. The van der Waals surface area contributed by atoms with E-state index in [1.165, 1.54) is 6.07 Å². The quantitative estimate of drug-likeness (QED) is 0.402. The Morgan fingerprint density at radius 3 is 2.48 bits per heavy atom. The first kappa shape index (κ1) is 17.2. The minimum absolute atomic E-state index is 0.0548. The van der Waals surface area contributed by atoms with Crippen LogP contribution in [-0.2, 0) is 0 Å². The summed E-state index contributed by atoms with van der Waals surface area (Å²) in [5.41, 5.74) is 7.30. The van der Waals surface area contributed by atoms with Gasteiger partial charge in [0, 0.05) is 32.2 Å². The molecule has 1 amide bonds. The number of amides is 1. The molecule has 3 aromatic heterocycles. The molecule has 0 saturated carbocycles. The predicted molar refractivity (Wildman–Crippen MR) is 106 cm³/mol. The molecule has 5 rings (SSSR count). The van der Waals surface area contributed by atoms with Crippen LogP contribution in [0.25, 0.3) is 22.1 Å². The Morgan fingerprint density at radius 1 is 1.00 bits per heavy atom. The Bertz CT molecular complexity index is 1300. The third kappa shape index (κ3) is 2.96. The van der Waals surface area contributed by atoms with Gasteiger partial charge < -0.3 is 30.5 Å². The van der Waals surface area contributed by atoms with Crippen LogP contribution < -0.4 is 21.2 Å². The number of carbonyl (C=O) groups is 1. The van der Waals surface area contributed by atoms with E-state index in [9.17, 15) is 14.0 Å². The van der Waals surface area contributed by atoms with Gasteiger partial charge in [0.1, 0.15) is 17.2 Å². The lowest BCUT2D eigenvalue weighted by Gasteiger charge is -2.35. The van der Waals surface area contributed by atoms with E-state index in [0.29, 0.717) is 54.2 Å². The molecular formula is C18H17FN8O2. The number of halogens is 1. The molecule has 0 aliphatic carbocycles. The van der Waals surface area contributed by atoms with Crippen molar-refractivity contribution < 1.29 is 9.18 Å². The molecule has 10 nitrogen and oxygen atoms in total. The number of nitrogens with one attached hydrogen (secondary N) is 3. The third-order valence-electron chi connectivity index (χ3n) is 5.09. The highest BCUT2D eigenvalue weighted by atomic mass is 19.1. The summed E-state index contributed by atoms with van der Waals surface area (Å²) in [5, 5.41) is 0. The van der Waals surface area contributed by atoms with Crippen LogP contribution in [0.5, 0.6) is 0 Å². The van der Waals surface area contributed by atoms with Gasteiger partial charge in [-0.1, -0.05) is 0 Å². The van der Waals surface area contributed by atoms with Crippen LogP contribution in [0.4, 0.5) is 16.2 Å². The molecule has 0 unspecified atom stereocenters. The normalized spacial score (nSPS) is 14.8. The first-order valence-corrected chi connectivity index (χ1v) is 9.05. The molecule has 0 bridgehead atoms. The molecule has 29 heavy (non-hydrogen) atoms. The third-order valence-corrected chi connectivity index (χ3v) is 5.09. The summed E-state index contributed by atoms with van der Waals surface area (Å²) < 4.78 is 13.8. The molecule has 1 aliphatic heterocycles. The summed E-state index contributed by atoms with van der Waals surface area (Å²) in [6, 6.07) is 4.23. The number of rotatable bonds is 3. The van der Waals surface area contributed by atoms with Crippen molar-refractivity contribution in [2.45, 2.75) is 0 Å². The number of carbonyl (C=O) groups excluding carboxylic acids is 1. The number of piperazine rings is 1. The number of anilines is 2. The number of aromatic nitrogens is 5. The van der Waals surface area contributed by atoms with E-state index in [2.05, 4.69) is 29.8 Å². The second kappa shape index (κ2) is 6.33. The summed E-state index contributed by atoms with van der Waals surface area (Å²) in [7, 11) is 0. The number of hydrogen-bond acceptors (Lipinski definition) is 6. The van der Waals surface area contributed by atoms with Crippen LogP contribution in [-0.4, -0.2) is 57.0 Å². The average molecular weight is 396 g/mol. The van der Waals surface area contributed by atoms with Gasteiger partial charge in [-0.15, -0.1) is 0 Å². The monoisotopic (exact) mass is 396 g/mol. The molecule has 11 heteroatoms. The van der Waals surface area contributed by atoms with Gasteiger partial charge in [-0.05, 0) is 12.1 Å². The number of primary amides is 1. The van der Waals surface area contributed by atoms with E-state index >= 15 is 0 Å². The van der Waals surface area contributed by atoms with Gasteiger partial charge in [-0.3, -0.25) is 4.79 Å². The van der Waals surface area contributed by atoms with Crippen molar-refractivity contribution in [1.82, 2.24) is 24.9 Å². The number of hydrogen-bond donors (Lipinski definition) is 4. The first-order valence-electron chi connectivity index (χ1n) is 9.05. The number of aromatic amines is 3. The van der Waals surface area contributed by atoms with Crippen molar-refractivity contribution in [3.05, 3.63) is 46.3 Å². The highest BCUT2D eigenvalue weighted by Crippen LogP contribution is 2.24. The standard InChI is InChI=1S/C18H17FN8O2/c19-9-5-10(16(20)28)15-12(6-9)22-17(25-15)27-3-1-26(2-4-27)14-7-11-13(8-21-14)24-18(29)23-11/h5-8H,1-4H2,(H2,20,28)(H,22,25)(H2,23,24,29). The smallest absolute Gasteiger partial charge is 0.323 e. The van der Waals surface area contributed by atoms with E-state index in [1.54, 1.807) is 6.20 Å². The topological polar surface area (TPSA) is 140 Å². The zero-order valence-corrected chi connectivity index (χ0v) is 15.2. The van der Waals surface area contributed by atoms with Crippen molar-refractivity contribution in [3.63, 3.8) is 0 Å². The Kier molecular flexibility index (Phi) is 3.76. The molecular weight excluding hydrogens is 379 g/mol. The number of nitrogens with zero attached hydrogens (tertiary/aromatic N) is 4.